The van der Waals surface area contributed by atoms with Crippen LogP contribution >= 0.6 is 35.7 Å². The largest absolute Gasteiger partial charge is 0.379 e. The van der Waals surface area contributed by atoms with Crippen LogP contribution in [0, 0.1) is 5.92 Å². The van der Waals surface area contributed by atoms with Crippen molar-refractivity contribution in [3.05, 3.63) is 0 Å². The number of nitrogens with zero attached hydrogens (tertiary/aromatic N) is 4. The molecule has 3 aliphatic heterocycles. The van der Waals surface area contributed by atoms with Gasteiger partial charge in [0.25, 0.3) is 0 Å². The van der Waals surface area contributed by atoms with Crippen molar-refractivity contribution in [3.63, 3.8) is 0 Å². The van der Waals surface area contributed by atoms with Gasteiger partial charge in [0.15, 0.2) is 5.96 Å². The van der Waals surface area contributed by atoms with Crippen LogP contribution in [0.1, 0.15) is 38.5 Å². The predicted octanol–water partition coefficient (Wildman–Crippen LogP) is 2.59. The summed E-state index contributed by atoms with van der Waals surface area (Å²) in [6, 6.07) is 0. The van der Waals surface area contributed by atoms with E-state index in [4.69, 9.17) is 4.74 Å². The number of hydrogen-bond acceptors (Lipinski definition) is 5. The molecule has 3 saturated heterocycles. The smallest absolute Gasteiger partial charge is 0.193 e. The summed E-state index contributed by atoms with van der Waals surface area (Å²) < 4.78 is 5.50. The van der Waals surface area contributed by atoms with E-state index in [0.717, 1.165) is 57.8 Å². The molecule has 0 radical (unpaired) electrons. The lowest BCUT2D eigenvalue weighted by molar-refractivity contribution is 0.0315. The zero-order valence-electron chi connectivity index (χ0n) is 18.8. The Balaban J connectivity index is 0.00000256. The van der Waals surface area contributed by atoms with Crippen LogP contribution in [-0.4, -0.2) is 110 Å². The summed E-state index contributed by atoms with van der Waals surface area (Å²) in [5, 5.41) is 3.84. The third-order valence-corrected chi connectivity index (χ3v) is 8.40. The Morgan fingerprint density at radius 1 is 1.07 bits per heavy atom. The summed E-state index contributed by atoms with van der Waals surface area (Å²) in [5.41, 5.74) is 0.349. The summed E-state index contributed by atoms with van der Waals surface area (Å²) in [6.07, 6.45) is 8.16. The Labute approximate surface area is 204 Å². The molecule has 174 valence electrons. The van der Waals surface area contributed by atoms with E-state index >= 15 is 0 Å². The molecule has 0 aromatic carbocycles. The summed E-state index contributed by atoms with van der Waals surface area (Å²) in [7, 11) is 1.96. The average molecular weight is 552 g/mol. The fourth-order valence-electron chi connectivity index (χ4n) is 5.75. The van der Waals surface area contributed by atoms with Crippen molar-refractivity contribution >= 4 is 41.7 Å². The number of thioether (sulfide) groups is 1. The number of rotatable bonds is 5. The van der Waals surface area contributed by atoms with Gasteiger partial charge in [-0.2, -0.15) is 11.8 Å². The maximum Gasteiger partial charge on any atom is 0.193 e. The Kier molecular flexibility index (Phi) is 10.3. The van der Waals surface area contributed by atoms with Crippen LogP contribution in [0.4, 0.5) is 0 Å². The standard InChI is InChI=1S/C22H41N5OS.HI/c1-23-21(26-8-5-20(18-26)17-25-9-13-28-14-10-25)24-19-22(6-3-2-4-7-22)27-11-15-29-16-12-27;/h20H,2-19H2,1H3,(H,23,24);1H. The molecule has 4 aliphatic rings. The van der Waals surface area contributed by atoms with Crippen molar-refractivity contribution in [3.8, 4) is 0 Å². The van der Waals surface area contributed by atoms with E-state index in [9.17, 15) is 0 Å². The summed E-state index contributed by atoms with van der Waals surface area (Å²) >= 11 is 2.12. The lowest BCUT2D eigenvalue weighted by Gasteiger charge is -2.48. The molecule has 1 aliphatic carbocycles. The molecule has 0 spiro atoms. The average Bonchev–Trinajstić information content (AvgIpc) is 3.24. The van der Waals surface area contributed by atoms with Gasteiger partial charge < -0.3 is 15.0 Å². The lowest BCUT2D eigenvalue weighted by Crippen LogP contribution is -2.60. The Bertz CT molecular complexity index is 534. The first kappa shape index (κ1) is 24.9. The normalized spacial score (nSPS) is 28.9. The van der Waals surface area contributed by atoms with Gasteiger partial charge >= 0.3 is 0 Å². The monoisotopic (exact) mass is 551 g/mol. The van der Waals surface area contributed by atoms with Crippen molar-refractivity contribution in [1.29, 1.82) is 0 Å². The molecular formula is C22H42IN5OS. The van der Waals surface area contributed by atoms with Crippen LogP contribution in [0.5, 0.6) is 0 Å². The van der Waals surface area contributed by atoms with Crippen molar-refractivity contribution in [2.45, 2.75) is 44.1 Å². The molecule has 1 atom stereocenters. The number of likely N-dealkylation sites (tertiary alicyclic amines) is 1. The second-order valence-corrected chi connectivity index (χ2v) is 10.5. The van der Waals surface area contributed by atoms with E-state index in [-0.39, 0.29) is 24.0 Å². The number of morpholine rings is 1. The molecule has 3 heterocycles. The second kappa shape index (κ2) is 12.5. The van der Waals surface area contributed by atoms with Gasteiger partial charge in [-0.1, -0.05) is 19.3 Å². The molecule has 6 nitrogen and oxygen atoms in total. The minimum Gasteiger partial charge on any atom is -0.379 e. The van der Waals surface area contributed by atoms with Crippen LogP contribution in [-0.2, 0) is 4.74 Å². The Morgan fingerprint density at radius 3 is 2.50 bits per heavy atom. The molecule has 0 amide bonds. The van der Waals surface area contributed by atoms with Crippen molar-refractivity contribution in [2.24, 2.45) is 10.9 Å². The van der Waals surface area contributed by atoms with Crippen molar-refractivity contribution in [1.82, 2.24) is 20.0 Å². The highest BCUT2D eigenvalue weighted by atomic mass is 127. The van der Waals surface area contributed by atoms with Crippen LogP contribution < -0.4 is 5.32 Å². The molecule has 1 unspecified atom stereocenters. The van der Waals surface area contributed by atoms with E-state index in [1.54, 1.807) is 0 Å². The lowest BCUT2D eigenvalue weighted by atomic mass is 9.80. The summed E-state index contributed by atoms with van der Waals surface area (Å²) in [6.45, 7) is 11.1. The molecule has 4 fully saturated rings. The Morgan fingerprint density at radius 2 is 1.80 bits per heavy atom. The fourth-order valence-corrected chi connectivity index (χ4v) is 6.65. The number of ether oxygens (including phenoxy) is 1. The zero-order chi connectivity index (χ0) is 19.9. The van der Waals surface area contributed by atoms with Crippen LogP contribution in [0.2, 0.25) is 0 Å². The molecule has 1 saturated carbocycles. The van der Waals surface area contributed by atoms with Gasteiger partial charge in [-0.25, -0.2) is 0 Å². The minimum atomic E-state index is 0. The van der Waals surface area contributed by atoms with Crippen LogP contribution in [0.15, 0.2) is 4.99 Å². The number of halogens is 1. The quantitative estimate of drug-likeness (QED) is 0.322. The van der Waals surface area contributed by atoms with E-state index < -0.39 is 0 Å². The van der Waals surface area contributed by atoms with Gasteiger partial charge in [-0.05, 0) is 25.2 Å². The molecule has 0 aromatic heterocycles. The maximum atomic E-state index is 5.50. The number of nitrogens with one attached hydrogen (secondary N) is 1. The van der Waals surface area contributed by atoms with Gasteiger partial charge in [0.05, 0.1) is 13.2 Å². The van der Waals surface area contributed by atoms with E-state index in [1.165, 1.54) is 69.7 Å². The summed E-state index contributed by atoms with van der Waals surface area (Å²) in [5.74, 6) is 4.48. The highest BCUT2D eigenvalue weighted by molar-refractivity contribution is 14.0. The van der Waals surface area contributed by atoms with Gasteiger partial charge in [-0.3, -0.25) is 14.8 Å². The van der Waals surface area contributed by atoms with E-state index in [1.807, 2.05) is 7.05 Å². The molecule has 8 heteroatoms. The topological polar surface area (TPSA) is 43.3 Å². The Hall–Kier alpha value is 0.230. The first-order chi connectivity index (χ1) is 14.3. The first-order valence-electron chi connectivity index (χ1n) is 11.9. The molecular weight excluding hydrogens is 509 g/mol. The predicted molar refractivity (Wildman–Crippen MR) is 138 cm³/mol. The third kappa shape index (κ3) is 6.39. The zero-order valence-corrected chi connectivity index (χ0v) is 22.0. The molecule has 0 bridgehead atoms. The van der Waals surface area contributed by atoms with Gasteiger partial charge in [0.1, 0.15) is 0 Å². The fraction of sp³-hybridized carbons (Fsp3) is 0.955. The molecule has 1 N–H and O–H groups in total. The number of aliphatic imine (C=N–C) groups is 1. The van der Waals surface area contributed by atoms with E-state index in [2.05, 4.69) is 36.8 Å². The highest BCUT2D eigenvalue weighted by Crippen LogP contribution is 2.35. The molecule has 30 heavy (non-hydrogen) atoms. The molecule has 4 rings (SSSR count). The minimum absolute atomic E-state index is 0. The number of guanidine groups is 1. The molecule has 0 aromatic rings. The van der Waals surface area contributed by atoms with Crippen molar-refractivity contribution in [2.75, 3.05) is 84.1 Å². The van der Waals surface area contributed by atoms with Gasteiger partial charge in [-0.15, -0.1) is 24.0 Å². The van der Waals surface area contributed by atoms with Crippen LogP contribution in [0.25, 0.3) is 0 Å². The number of hydrogen-bond donors (Lipinski definition) is 1. The highest BCUT2D eigenvalue weighted by Gasteiger charge is 2.39. The maximum absolute atomic E-state index is 5.50. The first-order valence-corrected chi connectivity index (χ1v) is 13.0. The second-order valence-electron chi connectivity index (χ2n) is 9.30. The SMILES string of the molecule is CN=C(NCC1(N2CCSCC2)CCCCC1)N1CCC(CN2CCOCC2)C1.I. The third-order valence-electron chi connectivity index (χ3n) is 7.46. The van der Waals surface area contributed by atoms with E-state index in [0.29, 0.717) is 5.54 Å². The van der Waals surface area contributed by atoms with Gasteiger partial charge in [0, 0.05) is 76.5 Å². The van der Waals surface area contributed by atoms with Crippen LogP contribution in [0.3, 0.4) is 0 Å². The summed E-state index contributed by atoms with van der Waals surface area (Å²) in [4.78, 5) is 12.6. The van der Waals surface area contributed by atoms with Gasteiger partial charge in [0.2, 0.25) is 0 Å². The van der Waals surface area contributed by atoms with Crippen molar-refractivity contribution < 1.29 is 4.74 Å².